The van der Waals surface area contributed by atoms with Crippen molar-refractivity contribution >= 4 is 34.2 Å². The third-order valence-corrected chi connectivity index (χ3v) is 3.23. The van der Waals surface area contributed by atoms with Gasteiger partial charge >= 0.3 is 0 Å². The molecule has 1 aromatic carbocycles. The molecule has 82 valence electrons. The molecule has 1 heterocycles. The average Bonchev–Trinajstić information content (AvgIpc) is 2.32. The van der Waals surface area contributed by atoms with Crippen molar-refractivity contribution in [3.63, 3.8) is 0 Å². The molecule has 0 bridgehead atoms. The molecule has 5 heteroatoms. The first-order valence-electron chi connectivity index (χ1n) is 4.52. The van der Waals surface area contributed by atoms with Crippen molar-refractivity contribution in [1.82, 2.24) is 9.97 Å². The molecule has 2 aromatic rings. The van der Waals surface area contributed by atoms with Crippen LogP contribution in [0.25, 0.3) is 11.3 Å². The Morgan fingerprint density at radius 2 is 2.06 bits per heavy atom. The van der Waals surface area contributed by atoms with Crippen molar-refractivity contribution in [2.45, 2.75) is 0 Å². The second-order valence-electron chi connectivity index (χ2n) is 3.07. The zero-order chi connectivity index (χ0) is 11.5. The molecule has 0 aliphatic rings. The predicted molar refractivity (Wildman–Crippen MR) is 71.7 cm³/mol. The van der Waals surface area contributed by atoms with E-state index in [-0.39, 0.29) is 0 Å². The Balaban J connectivity index is 2.53. The molecule has 0 fully saturated rings. The fourth-order valence-electron chi connectivity index (χ4n) is 1.29. The van der Waals surface area contributed by atoms with Crippen LogP contribution in [0, 0.1) is 3.57 Å². The summed E-state index contributed by atoms with van der Waals surface area (Å²) in [5.41, 5.74) is 1.78. The maximum atomic E-state index is 5.96. The van der Waals surface area contributed by atoms with Gasteiger partial charge in [0.15, 0.2) is 0 Å². The number of nitrogens with zero attached hydrogens (tertiary/aromatic N) is 2. The number of ether oxygens (including phenoxy) is 1. The summed E-state index contributed by atoms with van der Waals surface area (Å²) < 4.78 is 6.15. The highest BCUT2D eigenvalue weighted by Crippen LogP contribution is 2.27. The molecule has 0 N–H and O–H groups in total. The minimum Gasteiger partial charge on any atom is -0.481 e. The Labute approximate surface area is 112 Å². The maximum Gasteiger partial charge on any atom is 0.216 e. The highest BCUT2D eigenvalue weighted by Gasteiger charge is 2.06. The zero-order valence-corrected chi connectivity index (χ0v) is 11.4. The summed E-state index contributed by atoms with van der Waals surface area (Å²) in [5.74, 6) is 0.542. The van der Waals surface area contributed by atoms with Gasteiger partial charge in [0, 0.05) is 20.2 Å². The molecule has 0 aliphatic heterocycles. The van der Waals surface area contributed by atoms with Crippen LogP contribution in [-0.4, -0.2) is 17.1 Å². The summed E-state index contributed by atoms with van der Waals surface area (Å²) in [6, 6.07) is 7.47. The molecule has 0 amide bonds. The smallest absolute Gasteiger partial charge is 0.216 e. The number of methoxy groups -OCH3 is 1. The van der Waals surface area contributed by atoms with E-state index in [0.717, 1.165) is 14.8 Å². The molecule has 2 rings (SSSR count). The van der Waals surface area contributed by atoms with Crippen LogP contribution in [0.1, 0.15) is 0 Å². The molecule has 0 saturated carbocycles. The summed E-state index contributed by atoms with van der Waals surface area (Å²) in [6.45, 7) is 0. The Hall–Kier alpha value is -0.880. The van der Waals surface area contributed by atoms with Crippen LogP contribution in [0.3, 0.4) is 0 Å². The van der Waals surface area contributed by atoms with E-state index >= 15 is 0 Å². The molecule has 1 aromatic heterocycles. The predicted octanol–water partition coefficient (Wildman–Crippen LogP) is 3.41. The lowest BCUT2D eigenvalue weighted by molar-refractivity contribution is 0.397. The van der Waals surface area contributed by atoms with Crippen LogP contribution in [0.4, 0.5) is 0 Å². The average molecular weight is 347 g/mol. The van der Waals surface area contributed by atoms with Gasteiger partial charge in [0.25, 0.3) is 0 Å². The van der Waals surface area contributed by atoms with Crippen molar-refractivity contribution in [1.29, 1.82) is 0 Å². The molecular formula is C11H8ClIN2O. The Morgan fingerprint density at radius 3 is 2.81 bits per heavy atom. The zero-order valence-electron chi connectivity index (χ0n) is 8.45. The minimum atomic E-state index is 0.542. The van der Waals surface area contributed by atoms with Crippen molar-refractivity contribution in [3.8, 4) is 17.1 Å². The molecule has 0 spiro atoms. The van der Waals surface area contributed by atoms with E-state index in [1.807, 2.05) is 18.2 Å². The number of hydrogen-bond acceptors (Lipinski definition) is 3. The summed E-state index contributed by atoms with van der Waals surface area (Å²) in [4.78, 5) is 8.17. The maximum absolute atomic E-state index is 5.96. The molecular weight excluding hydrogens is 338 g/mol. The van der Waals surface area contributed by atoms with Crippen LogP contribution in [0.2, 0.25) is 5.02 Å². The van der Waals surface area contributed by atoms with Gasteiger partial charge in [0.1, 0.15) is 6.33 Å². The normalized spacial score (nSPS) is 10.2. The number of halogens is 2. The lowest BCUT2D eigenvalue weighted by Crippen LogP contribution is -1.92. The molecule has 0 atom stereocenters. The SMILES string of the molecule is COc1cc(-c2cc(Cl)ccc2I)ncn1. The fraction of sp³-hybridized carbons (Fsp3) is 0.0909. The summed E-state index contributed by atoms with van der Waals surface area (Å²) >= 11 is 8.21. The molecule has 0 aliphatic carbocycles. The third-order valence-electron chi connectivity index (χ3n) is 2.06. The van der Waals surface area contributed by atoms with Gasteiger partial charge in [-0.1, -0.05) is 11.6 Å². The van der Waals surface area contributed by atoms with Crippen LogP contribution in [0.15, 0.2) is 30.6 Å². The number of hydrogen-bond donors (Lipinski definition) is 0. The first-order chi connectivity index (χ1) is 7.70. The first-order valence-corrected chi connectivity index (χ1v) is 5.98. The van der Waals surface area contributed by atoms with Gasteiger partial charge in [-0.2, -0.15) is 0 Å². The standard InChI is InChI=1S/C11H8ClIN2O/c1-16-11-5-10(14-6-15-11)8-4-7(12)2-3-9(8)13/h2-6H,1H3. The molecule has 3 nitrogen and oxygen atoms in total. The Morgan fingerprint density at radius 1 is 1.25 bits per heavy atom. The van der Waals surface area contributed by atoms with Crippen LogP contribution >= 0.6 is 34.2 Å². The summed E-state index contributed by atoms with van der Waals surface area (Å²) in [6.07, 6.45) is 1.48. The lowest BCUT2D eigenvalue weighted by Gasteiger charge is -2.05. The third kappa shape index (κ3) is 2.44. The van der Waals surface area contributed by atoms with E-state index in [1.54, 1.807) is 13.2 Å². The van der Waals surface area contributed by atoms with Gasteiger partial charge in [-0.25, -0.2) is 9.97 Å². The molecule has 16 heavy (non-hydrogen) atoms. The van der Waals surface area contributed by atoms with Crippen molar-refractivity contribution in [2.24, 2.45) is 0 Å². The quantitative estimate of drug-likeness (QED) is 0.782. The number of rotatable bonds is 2. The molecule has 0 unspecified atom stereocenters. The van der Waals surface area contributed by atoms with Crippen LogP contribution < -0.4 is 4.74 Å². The summed E-state index contributed by atoms with van der Waals surface area (Å²) in [5, 5.41) is 0.688. The van der Waals surface area contributed by atoms with E-state index in [4.69, 9.17) is 16.3 Å². The van der Waals surface area contributed by atoms with Gasteiger partial charge in [-0.05, 0) is 40.8 Å². The number of benzene rings is 1. The first kappa shape index (κ1) is 11.6. The highest BCUT2D eigenvalue weighted by molar-refractivity contribution is 14.1. The topological polar surface area (TPSA) is 35.0 Å². The van der Waals surface area contributed by atoms with E-state index in [9.17, 15) is 0 Å². The van der Waals surface area contributed by atoms with Crippen molar-refractivity contribution in [2.75, 3.05) is 7.11 Å². The van der Waals surface area contributed by atoms with E-state index in [1.165, 1.54) is 6.33 Å². The second kappa shape index (κ2) is 4.97. The second-order valence-corrected chi connectivity index (χ2v) is 4.67. The van der Waals surface area contributed by atoms with E-state index < -0.39 is 0 Å². The van der Waals surface area contributed by atoms with Crippen LogP contribution in [-0.2, 0) is 0 Å². The summed E-state index contributed by atoms with van der Waals surface area (Å²) in [7, 11) is 1.58. The van der Waals surface area contributed by atoms with Gasteiger partial charge in [0.05, 0.1) is 12.8 Å². The Bertz CT molecular complexity index is 519. The Kier molecular flexibility index (Phi) is 3.60. The van der Waals surface area contributed by atoms with Crippen molar-refractivity contribution < 1.29 is 4.74 Å². The minimum absolute atomic E-state index is 0.542. The monoisotopic (exact) mass is 346 g/mol. The van der Waals surface area contributed by atoms with Gasteiger partial charge in [-0.15, -0.1) is 0 Å². The fourth-order valence-corrected chi connectivity index (χ4v) is 2.08. The number of aromatic nitrogens is 2. The largest absolute Gasteiger partial charge is 0.481 e. The van der Waals surface area contributed by atoms with Crippen LogP contribution in [0.5, 0.6) is 5.88 Å². The van der Waals surface area contributed by atoms with Gasteiger partial charge in [-0.3, -0.25) is 0 Å². The molecule has 0 saturated heterocycles. The van der Waals surface area contributed by atoms with Gasteiger partial charge in [0.2, 0.25) is 5.88 Å². The lowest BCUT2D eigenvalue weighted by atomic mass is 10.1. The van der Waals surface area contributed by atoms with Crippen molar-refractivity contribution in [3.05, 3.63) is 39.2 Å². The highest BCUT2D eigenvalue weighted by atomic mass is 127. The van der Waals surface area contributed by atoms with E-state index in [2.05, 4.69) is 32.6 Å². The van der Waals surface area contributed by atoms with Gasteiger partial charge < -0.3 is 4.74 Å². The van der Waals surface area contributed by atoms with E-state index in [0.29, 0.717) is 10.9 Å². The molecule has 0 radical (unpaired) electrons.